The summed E-state index contributed by atoms with van der Waals surface area (Å²) in [6, 6.07) is 9.14. The molecule has 6 heteroatoms. The molecule has 0 fully saturated rings. The molecule has 19 heavy (non-hydrogen) atoms. The lowest BCUT2D eigenvalue weighted by Gasteiger charge is -2.12. The first-order valence-corrected chi connectivity index (χ1v) is 5.70. The van der Waals surface area contributed by atoms with Crippen molar-refractivity contribution in [3.05, 3.63) is 52.8 Å². The van der Waals surface area contributed by atoms with E-state index in [0.29, 0.717) is 10.7 Å². The average molecular weight is 281 g/mol. The molecule has 4 nitrogen and oxygen atoms in total. The summed E-state index contributed by atoms with van der Waals surface area (Å²) in [7, 11) is 0. The van der Waals surface area contributed by atoms with Gasteiger partial charge < -0.3 is 16.2 Å². The van der Waals surface area contributed by atoms with Crippen molar-refractivity contribution in [3.63, 3.8) is 0 Å². The SMILES string of the molecule is Nc1c(F)ccc(Nc2cccc(Cl)c2)c1C(=O)O. The van der Waals surface area contributed by atoms with Crippen LogP contribution < -0.4 is 11.1 Å². The predicted octanol–water partition coefficient (Wildman–Crippen LogP) is 3.50. The zero-order chi connectivity index (χ0) is 14.0. The Morgan fingerprint density at radius 1 is 1.32 bits per heavy atom. The van der Waals surface area contributed by atoms with Gasteiger partial charge in [0.15, 0.2) is 0 Å². The maximum atomic E-state index is 13.3. The van der Waals surface area contributed by atoms with Crippen LogP contribution in [0.4, 0.5) is 21.5 Å². The molecular formula is C13H10ClFN2O2. The molecule has 0 radical (unpaired) electrons. The van der Waals surface area contributed by atoms with Gasteiger partial charge in [-0.25, -0.2) is 9.18 Å². The molecule has 0 saturated heterocycles. The van der Waals surface area contributed by atoms with Gasteiger partial charge in [0.25, 0.3) is 0 Å². The van der Waals surface area contributed by atoms with Crippen molar-refractivity contribution < 1.29 is 14.3 Å². The number of hydrogen-bond acceptors (Lipinski definition) is 3. The highest BCUT2D eigenvalue weighted by atomic mass is 35.5. The summed E-state index contributed by atoms with van der Waals surface area (Å²) in [5.74, 6) is -2.07. The third-order valence-corrected chi connectivity index (χ3v) is 2.74. The Morgan fingerprint density at radius 3 is 2.68 bits per heavy atom. The molecule has 0 aromatic heterocycles. The lowest BCUT2D eigenvalue weighted by molar-refractivity contribution is 0.0698. The normalized spacial score (nSPS) is 10.2. The number of nitrogens with two attached hydrogens (primary N) is 1. The van der Waals surface area contributed by atoms with Crippen LogP contribution in [-0.4, -0.2) is 11.1 Å². The highest BCUT2D eigenvalue weighted by Gasteiger charge is 2.17. The van der Waals surface area contributed by atoms with E-state index in [4.69, 9.17) is 22.4 Å². The Bertz CT molecular complexity index is 647. The van der Waals surface area contributed by atoms with Gasteiger partial charge in [-0.2, -0.15) is 0 Å². The second kappa shape index (κ2) is 5.16. The molecule has 0 bridgehead atoms. The van der Waals surface area contributed by atoms with E-state index in [1.807, 2.05) is 0 Å². The molecule has 0 aliphatic heterocycles. The van der Waals surface area contributed by atoms with Gasteiger partial charge in [0.1, 0.15) is 11.4 Å². The fourth-order valence-electron chi connectivity index (χ4n) is 1.65. The van der Waals surface area contributed by atoms with Gasteiger partial charge in [0.05, 0.1) is 11.4 Å². The van der Waals surface area contributed by atoms with Crippen molar-refractivity contribution in [2.75, 3.05) is 11.1 Å². The Kier molecular flexibility index (Phi) is 3.57. The number of carboxylic acid groups (broad SMARTS) is 1. The number of nitrogen functional groups attached to an aromatic ring is 1. The molecule has 2 aromatic carbocycles. The third kappa shape index (κ3) is 2.77. The van der Waals surface area contributed by atoms with E-state index in [2.05, 4.69) is 5.32 Å². The lowest BCUT2D eigenvalue weighted by atomic mass is 10.1. The number of nitrogens with one attached hydrogen (secondary N) is 1. The van der Waals surface area contributed by atoms with Crippen molar-refractivity contribution in [2.45, 2.75) is 0 Å². The van der Waals surface area contributed by atoms with Crippen molar-refractivity contribution in [1.82, 2.24) is 0 Å². The first kappa shape index (κ1) is 13.2. The number of aromatic carboxylic acids is 1. The molecule has 0 unspecified atom stereocenters. The minimum atomic E-state index is -1.30. The van der Waals surface area contributed by atoms with E-state index in [1.54, 1.807) is 24.3 Å². The minimum absolute atomic E-state index is 0.202. The molecule has 98 valence electrons. The van der Waals surface area contributed by atoms with Crippen molar-refractivity contribution in [3.8, 4) is 0 Å². The fraction of sp³-hybridized carbons (Fsp3) is 0. The Balaban J connectivity index is 2.46. The van der Waals surface area contributed by atoms with E-state index in [9.17, 15) is 9.18 Å². The van der Waals surface area contributed by atoms with E-state index in [-0.39, 0.29) is 11.3 Å². The van der Waals surface area contributed by atoms with Crippen LogP contribution in [0.25, 0.3) is 0 Å². The fourth-order valence-corrected chi connectivity index (χ4v) is 1.84. The number of carbonyl (C=O) groups is 1. The van der Waals surface area contributed by atoms with E-state index >= 15 is 0 Å². The number of carboxylic acids is 1. The number of anilines is 3. The minimum Gasteiger partial charge on any atom is -0.478 e. The standard InChI is InChI=1S/C13H10ClFN2O2/c14-7-2-1-3-8(6-7)17-10-5-4-9(15)12(16)11(10)13(18)19/h1-6,17H,16H2,(H,18,19). The predicted molar refractivity (Wildman–Crippen MR) is 72.5 cm³/mol. The van der Waals surface area contributed by atoms with E-state index < -0.39 is 17.5 Å². The van der Waals surface area contributed by atoms with Crippen molar-refractivity contribution in [2.24, 2.45) is 0 Å². The zero-order valence-electron chi connectivity index (χ0n) is 9.65. The van der Waals surface area contributed by atoms with Crippen LogP contribution in [-0.2, 0) is 0 Å². The van der Waals surface area contributed by atoms with E-state index in [0.717, 1.165) is 6.07 Å². The lowest BCUT2D eigenvalue weighted by Crippen LogP contribution is -2.08. The average Bonchev–Trinajstić information content (AvgIpc) is 2.33. The number of hydrogen-bond donors (Lipinski definition) is 3. The zero-order valence-corrected chi connectivity index (χ0v) is 10.4. The van der Waals surface area contributed by atoms with Gasteiger partial charge in [-0.05, 0) is 30.3 Å². The number of halogens is 2. The molecule has 0 aliphatic rings. The molecule has 2 aromatic rings. The van der Waals surface area contributed by atoms with Gasteiger partial charge in [-0.1, -0.05) is 17.7 Å². The molecule has 0 amide bonds. The van der Waals surface area contributed by atoms with Crippen LogP contribution in [0.5, 0.6) is 0 Å². The van der Waals surface area contributed by atoms with Gasteiger partial charge >= 0.3 is 5.97 Å². The van der Waals surface area contributed by atoms with Gasteiger partial charge in [0.2, 0.25) is 0 Å². The van der Waals surface area contributed by atoms with Gasteiger partial charge in [-0.3, -0.25) is 0 Å². The highest BCUT2D eigenvalue weighted by Crippen LogP contribution is 2.28. The number of benzene rings is 2. The van der Waals surface area contributed by atoms with Gasteiger partial charge in [-0.15, -0.1) is 0 Å². The summed E-state index contributed by atoms with van der Waals surface area (Å²) in [4.78, 5) is 11.1. The summed E-state index contributed by atoms with van der Waals surface area (Å²) in [6.45, 7) is 0. The van der Waals surface area contributed by atoms with Crippen LogP contribution in [0, 0.1) is 5.82 Å². The molecule has 0 aliphatic carbocycles. The second-order valence-electron chi connectivity index (χ2n) is 3.82. The third-order valence-electron chi connectivity index (χ3n) is 2.51. The maximum absolute atomic E-state index is 13.3. The summed E-state index contributed by atoms with van der Waals surface area (Å²) < 4.78 is 13.3. The monoisotopic (exact) mass is 280 g/mol. The molecule has 0 atom stereocenters. The van der Waals surface area contributed by atoms with Crippen molar-refractivity contribution >= 4 is 34.6 Å². The van der Waals surface area contributed by atoms with Crippen molar-refractivity contribution in [1.29, 1.82) is 0 Å². The largest absolute Gasteiger partial charge is 0.478 e. The Morgan fingerprint density at radius 2 is 2.05 bits per heavy atom. The molecule has 0 heterocycles. The smallest absolute Gasteiger partial charge is 0.340 e. The highest BCUT2D eigenvalue weighted by molar-refractivity contribution is 6.30. The van der Waals surface area contributed by atoms with Crippen LogP contribution in [0.1, 0.15) is 10.4 Å². The Hall–Kier alpha value is -2.27. The number of rotatable bonds is 3. The summed E-state index contributed by atoms with van der Waals surface area (Å²) in [5, 5.41) is 12.4. The second-order valence-corrected chi connectivity index (χ2v) is 4.26. The molecule has 0 saturated carbocycles. The van der Waals surface area contributed by atoms with Crippen LogP contribution in [0.15, 0.2) is 36.4 Å². The first-order chi connectivity index (χ1) is 8.99. The quantitative estimate of drug-likeness (QED) is 0.752. The Labute approximate surface area is 113 Å². The summed E-state index contributed by atoms with van der Waals surface area (Å²) in [5.41, 5.74) is 5.52. The molecule has 4 N–H and O–H groups in total. The molecule has 2 rings (SSSR count). The summed E-state index contributed by atoms with van der Waals surface area (Å²) in [6.07, 6.45) is 0. The first-order valence-electron chi connectivity index (χ1n) is 5.33. The summed E-state index contributed by atoms with van der Waals surface area (Å²) >= 11 is 5.83. The van der Waals surface area contributed by atoms with Gasteiger partial charge in [0, 0.05) is 10.7 Å². The van der Waals surface area contributed by atoms with Crippen LogP contribution in [0.2, 0.25) is 5.02 Å². The topological polar surface area (TPSA) is 75.3 Å². The van der Waals surface area contributed by atoms with E-state index in [1.165, 1.54) is 6.07 Å². The molecule has 0 spiro atoms. The maximum Gasteiger partial charge on any atom is 0.340 e. The van der Waals surface area contributed by atoms with Crippen LogP contribution >= 0.6 is 11.6 Å². The van der Waals surface area contributed by atoms with Crippen LogP contribution in [0.3, 0.4) is 0 Å². The molecular weight excluding hydrogens is 271 g/mol.